The number of morpholine rings is 1. The van der Waals surface area contributed by atoms with Crippen LogP contribution in [0.5, 0.6) is 0 Å². The molecule has 3 rings (SSSR count). The Morgan fingerprint density at radius 2 is 1.72 bits per heavy atom. The lowest BCUT2D eigenvalue weighted by molar-refractivity contribution is 0.102. The number of nitrogens with one attached hydrogen (secondary N) is 1. The highest BCUT2D eigenvalue weighted by molar-refractivity contribution is 6.05. The zero-order valence-electron chi connectivity index (χ0n) is 15.2. The Hall–Kier alpha value is -2.47. The van der Waals surface area contributed by atoms with Crippen LogP contribution in [0.25, 0.3) is 0 Å². The molecule has 0 unspecified atom stereocenters. The number of rotatable bonds is 3. The number of benzene rings is 1. The number of carbonyl (C=O) groups excluding carboxylic acids is 1. The van der Waals surface area contributed by atoms with Gasteiger partial charge in [0, 0.05) is 18.7 Å². The van der Waals surface area contributed by atoms with Crippen LogP contribution in [0.1, 0.15) is 32.9 Å². The number of nitrogens with zero attached hydrogens (tertiary/aromatic N) is 3. The number of aryl methyl sites for hydroxylation is 4. The summed E-state index contributed by atoms with van der Waals surface area (Å²) in [6.07, 6.45) is 0. The summed E-state index contributed by atoms with van der Waals surface area (Å²) in [5.74, 6) is 0.568. The maximum absolute atomic E-state index is 12.7. The summed E-state index contributed by atoms with van der Waals surface area (Å²) in [5, 5.41) is 2.99. The third-order valence-electron chi connectivity index (χ3n) is 4.43. The minimum atomic E-state index is -0.130. The molecule has 6 nitrogen and oxygen atoms in total. The number of aromatic nitrogens is 2. The minimum Gasteiger partial charge on any atom is -0.378 e. The molecule has 1 aromatic heterocycles. The van der Waals surface area contributed by atoms with Crippen LogP contribution >= 0.6 is 0 Å². The van der Waals surface area contributed by atoms with Gasteiger partial charge in [-0.3, -0.25) is 4.79 Å². The lowest BCUT2D eigenvalue weighted by atomic mass is 10.0. The third-order valence-corrected chi connectivity index (χ3v) is 4.43. The van der Waals surface area contributed by atoms with Crippen LogP contribution in [-0.2, 0) is 4.74 Å². The molecule has 1 fully saturated rings. The number of ether oxygens (including phenoxy) is 1. The highest BCUT2D eigenvalue weighted by Gasteiger charge is 2.18. The average molecular weight is 340 g/mol. The second-order valence-corrected chi connectivity index (χ2v) is 6.44. The van der Waals surface area contributed by atoms with Crippen molar-refractivity contribution in [3.05, 3.63) is 46.3 Å². The third kappa shape index (κ3) is 3.79. The molecule has 1 aliphatic rings. The second-order valence-electron chi connectivity index (χ2n) is 6.44. The van der Waals surface area contributed by atoms with E-state index in [0.29, 0.717) is 30.4 Å². The first kappa shape index (κ1) is 17.4. The van der Waals surface area contributed by atoms with Crippen molar-refractivity contribution < 1.29 is 9.53 Å². The Balaban J connectivity index is 1.85. The zero-order chi connectivity index (χ0) is 18.0. The Labute approximate surface area is 148 Å². The van der Waals surface area contributed by atoms with Gasteiger partial charge in [0.2, 0.25) is 5.95 Å². The minimum absolute atomic E-state index is 0.130. The summed E-state index contributed by atoms with van der Waals surface area (Å²) in [4.78, 5) is 24.0. The van der Waals surface area contributed by atoms with Gasteiger partial charge in [0.05, 0.1) is 30.3 Å². The largest absolute Gasteiger partial charge is 0.378 e. The number of amides is 1. The first-order valence-corrected chi connectivity index (χ1v) is 8.52. The van der Waals surface area contributed by atoms with Crippen molar-refractivity contribution in [3.63, 3.8) is 0 Å². The lowest BCUT2D eigenvalue weighted by Gasteiger charge is -2.27. The summed E-state index contributed by atoms with van der Waals surface area (Å²) in [7, 11) is 0. The molecule has 2 heterocycles. The van der Waals surface area contributed by atoms with Gasteiger partial charge in [-0.2, -0.15) is 0 Å². The summed E-state index contributed by atoms with van der Waals surface area (Å²) in [6.45, 7) is 10.7. The molecule has 0 radical (unpaired) electrons. The van der Waals surface area contributed by atoms with Crippen molar-refractivity contribution in [2.75, 3.05) is 36.5 Å². The molecule has 0 atom stereocenters. The van der Waals surface area contributed by atoms with E-state index in [9.17, 15) is 4.79 Å². The molecule has 1 saturated heterocycles. The molecule has 132 valence electrons. The van der Waals surface area contributed by atoms with E-state index >= 15 is 0 Å². The van der Waals surface area contributed by atoms with E-state index in [0.717, 1.165) is 35.6 Å². The lowest BCUT2D eigenvalue weighted by Crippen LogP contribution is -2.37. The van der Waals surface area contributed by atoms with Crippen LogP contribution in [0.15, 0.2) is 18.2 Å². The molecule has 0 saturated carbocycles. The number of hydrogen-bond acceptors (Lipinski definition) is 5. The standard InChI is InChI=1S/C19H24N4O2/c1-12-5-6-13(2)16(11-12)18(24)22-17-14(3)20-19(21-15(17)4)23-7-9-25-10-8-23/h5-6,11H,7-10H2,1-4H3,(H,22,24). The molecule has 1 amide bonds. The molecule has 1 aliphatic heterocycles. The second kappa shape index (κ2) is 7.19. The van der Waals surface area contributed by atoms with Crippen molar-refractivity contribution in [1.82, 2.24) is 9.97 Å². The SMILES string of the molecule is Cc1ccc(C)c(C(=O)Nc2c(C)nc(N3CCOCC3)nc2C)c1. The fraction of sp³-hybridized carbons (Fsp3) is 0.421. The molecule has 0 bridgehead atoms. The fourth-order valence-electron chi connectivity index (χ4n) is 2.95. The highest BCUT2D eigenvalue weighted by atomic mass is 16.5. The average Bonchev–Trinajstić information content (AvgIpc) is 2.60. The first-order chi connectivity index (χ1) is 12.0. The van der Waals surface area contributed by atoms with Crippen LogP contribution < -0.4 is 10.2 Å². The van der Waals surface area contributed by atoms with E-state index in [1.807, 2.05) is 45.9 Å². The van der Waals surface area contributed by atoms with Crippen molar-refractivity contribution in [1.29, 1.82) is 0 Å². The van der Waals surface area contributed by atoms with Gasteiger partial charge in [0.15, 0.2) is 0 Å². The summed E-state index contributed by atoms with van der Waals surface area (Å²) in [6, 6.07) is 5.86. The summed E-state index contributed by atoms with van der Waals surface area (Å²) < 4.78 is 5.37. The number of carbonyl (C=O) groups is 1. The van der Waals surface area contributed by atoms with Crippen LogP contribution in [0.2, 0.25) is 0 Å². The summed E-state index contributed by atoms with van der Waals surface area (Å²) in [5.41, 5.74) is 4.91. The molecular weight excluding hydrogens is 316 g/mol. The molecule has 2 aromatic rings. The Kier molecular flexibility index (Phi) is 4.99. The van der Waals surface area contributed by atoms with E-state index in [1.54, 1.807) is 0 Å². The van der Waals surface area contributed by atoms with Gasteiger partial charge < -0.3 is 15.0 Å². The van der Waals surface area contributed by atoms with Crippen LogP contribution in [0.4, 0.5) is 11.6 Å². The Morgan fingerprint density at radius 3 is 2.36 bits per heavy atom. The van der Waals surface area contributed by atoms with Gasteiger partial charge in [-0.15, -0.1) is 0 Å². The van der Waals surface area contributed by atoms with Gasteiger partial charge in [0.1, 0.15) is 0 Å². The van der Waals surface area contributed by atoms with Crippen molar-refractivity contribution >= 4 is 17.5 Å². The molecular formula is C19H24N4O2. The van der Waals surface area contributed by atoms with E-state index in [4.69, 9.17) is 4.74 Å². The van der Waals surface area contributed by atoms with E-state index < -0.39 is 0 Å². The fourth-order valence-corrected chi connectivity index (χ4v) is 2.95. The molecule has 1 aromatic carbocycles. The maximum atomic E-state index is 12.7. The Bertz CT molecular complexity index is 775. The van der Waals surface area contributed by atoms with E-state index in [1.165, 1.54) is 0 Å². The molecule has 6 heteroatoms. The Morgan fingerprint density at radius 1 is 1.08 bits per heavy atom. The van der Waals surface area contributed by atoms with Gasteiger partial charge in [-0.25, -0.2) is 9.97 Å². The smallest absolute Gasteiger partial charge is 0.256 e. The molecule has 1 N–H and O–H groups in total. The predicted octanol–water partition coefficient (Wildman–Crippen LogP) is 2.80. The summed E-state index contributed by atoms with van der Waals surface area (Å²) >= 11 is 0. The van der Waals surface area contributed by atoms with Crippen LogP contribution in [0, 0.1) is 27.7 Å². The van der Waals surface area contributed by atoms with Crippen LogP contribution in [0.3, 0.4) is 0 Å². The van der Waals surface area contributed by atoms with Crippen molar-refractivity contribution in [2.24, 2.45) is 0 Å². The van der Waals surface area contributed by atoms with E-state index in [2.05, 4.69) is 20.2 Å². The molecule has 0 spiro atoms. The van der Waals surface area contributed by atoms with Gasteiger partial charge in [0.25, 0.3) is 5.91 Å². The van der Waals surface area contributed by atoms with E-state index in [-0.39, 0.29) is 5.91 Å². The quantitative estimate of drug-likeness (QED) is 0.930. The topological polar surface area (TPSA) is 67.4 Å². The molecule has 25 heavy (non-hydrogen) atoms. The number of hydrogen-bond donors (Lipinski definition) is 1. The monoisotopic (exact) mass is 340 g/mol. The normalized spacial score (nSPS) is 14.5. The number of anilines is 2. The maximum Gasteiger partial charge on any atom is 0.256 e. The van der Waals surface area contributed by atoms with Gasteiger partial charge in [-0.05, 0) is 39.3 Å². The molecule has 0 aliphatic carbocycles. The first-order valence-electron chi connectivity index (χ1n) is 8.52. The van der Waals surface area contributed by atoms with Crippen LogP contribution in [-0.4, -0.2) is 42.2 Å². The van der Waals surface area contributed by atoms with Gasteiger partial charge >= 0.3 is 0 Å². The van der Waals surface area contributed by atoms with Crippen molar-refractivity contribution in [3.8, 4) is 0 Å². The highest BCUT2D eigenvalue weighted by Crippen LogP contribution is 2.22. The zero-order valence-corrected chi connectivity index (χ0v) is 15.2. The van der Waals surface area contributed by atoms with Crippen molar-refractivity contribution in [2.45, 2.75) is 27.7 Å². The predicted molar refractivity (Wildman–Crippen MR) is 98.4 cm³/mol. The van der Waals surface area contributed by atoms with Gasteiger partial charge in [-0.1, -0.05) is 17.7 Å².